The van der Waals surface area contributed by atoms with Gasteiger partial charge in [0.05, 0.1) is 0 Å². The van der Waals surface area contributed by atoms with Gasteiger partial charge >= 0.3 is 0 Å². The van der Waals surface area contributed by atoms with Crippen LogP contribution in [0.1, 0.15) is 27.8 Å². The maximum Gasteiger partial charge on any atom is 0.124 e. The summed E-state index contributed by atoms with van der Waals surface area (Å²) in [7, 11) is 0. The summed E-state index contributed by atoms with van der Waals surface area (Å²) in [5, 5.41) is 0.718. The number of ether oxygens (including phenoxy) is 1. The Labute approximate surface area is 131 Å². The van der Waals surface area contributed by atoms with Crippen LogP contribution in [0.4, 0.5) is 0 Å². The molecule has 0 aliphatic rings. The standard InChI is InChI=1S/C18H22ClNO/c1-12-9-13(2)16(14(3)10-12)11-21-18-6-4-5-17(19)15(18)7-8-20/h4-6,9-10H,7-8,11,20H2,1-3H3. The molecule has 21 heavy (non-hydrogen) atoms. The maximum atomic E-state index is 6.24. The molecule has 0 aliphatic heterocycles. The minimum atomic E-state index is 0.551. The van der Waals surface area contributed by atoms with Gasteiger partial charge in [-0.05, 0) is 62.6 Å². The molecule has 2 rings (SSSR count). The largest absolute Gasteiger partial charge is 0.489 e. The maximum absolute atomic E-state index is 6.24. The highest BCUT2D eigenvalue weighted by Gasteiger charge is 2.10. The van der Waals surface area contributed by atoms with Crippen LogP contribution in [0.15, 0.2) is 30.3 Å². The number of aryl methyl sites for hydroxylation is 3. The highest BCUT2D eigenvalue weighted by atomic mass is 35.5. The van der Waals surface area contributed by atoms with Crippen molar-refractivity contribution in [1.29, 1.82) is 0 Å². The second kappa shape index (κ2) is 6.97. The Kier molecular flexibility index (Phi) is 5.27. The Balaban J connectivity index is 2.23. The van der Waals surface area contributed by atoms with Gasteiger partial charge in [0.25, 0.3) is 0 Å². The zero-order chi connectivity index (χ0) is 15.4. The molecule has 2 N–H and O–H groups in total. The number of nitrogens with two attached hydrogens (primary N) is 1. The van der Waals surface area contributed by atoms with Crippen LogP contribution in [0.3, 0.4) is 0 Å². The first-order valence-electron chi connectivity index (χ1n) is 7.20. The van der Waals surface area contributed by atoms with Crippen molar-refractivity contribution in [3.05, 3.63) is 63.2 Å². The molecule has 0 fully saturated rings. The van der Waals surface area contributed by atoms with E-state index >= 15 is 0 Å². The summed E-state index contributed by atoms with van der Waals surface area (Å²) in [5.74, 6) is 0.826. The summed E-state index contributed by atoms with van der Waals surface area (Å²) in [6.45, 7) is 7.47. The van der Waals surface area contributed by atoms with Crippen LogP contribution in [0, 0.1) is 20.8 Å². The number of benzene rings is 2. The van der Waals surface area contributed by atoms with Gasteiger partial charge in [-0.1, -0.05) is 35.4 Å². The van der Waals surface area contributed by atoms with E-state index in [1.54, 1.807) is 0 Å². The number of hydrogen-bond acceptors (Lipinski definition) is 2. The van der Waals surface area contributed by atoms with E-state index in [4.69, 9.17) is 22.1 Å². The van der Waals surface area contributed by atoms with Crippen molar-refractivity contribution >= 4 is 11.6 Å². The van der Waals surface area contributed by atoms with Gasteiger partial charge in [-0.3, -0.25) is 0 Å². The SMILES string of the molecule is Cc1cc(C)c(COc2cccc(Cl)c2CCN)c(C)c1. The van der Waals surface area contributed by atoms with Crippen molar-refractivity contribution in [3.63, 3.8) is 0 Å². The molecular weight excluding hydrogens is 282 g/mol. The van der Waals surface area contributed by atoms with Gasteiger partial charge in [-0.15, -0.1) is 0 Å². The minimum Gasteiger partial charge on any atom is -0.489 e. The quantitative estimate of drug-likeness (QED) is 0.891. The molecule has 2 nitrogen and oxygen atoms in total. The lowest BCUT2D eigenvalue weighted by molar-refractivity contribution is 0.301. The van der Waals surface area contributed by atoms with Gasteiger partial charge in [0.2, 0.25) is 0 Å². The number of hydrogen-bond donors (Lipinski definition) is 1. The Morgan fingerprint density at radius 1 is 1.05 bits per heavy atom. The number of halogens is 1. The molecule has 0 aliphatic carbocycles. The molecule has 0 spiro atoms. The molecule has 0 unspecified atom stereocenters. The fraction of sp³-hybridized carbons (Fsp3) is 0.333. The summed E-state index contributed by atoms with van der Waals surface area (Å²) in [6.07, 6.45) is 0.723. The monoisotopic (exact) mass is 303 g/mol. The van der Waals surface area contributed by atoms with Gasteiger partial charge in [-0.2, -0.15) is 0 Å². The van der Waals surface area contributed by atoms with Crippen LogP contribution in [0.25, 0.3) is 0 Å². The van der Waals surface area contributed by atoms with E-state index in [9.17, 15) is 0 Å². The van der Waals surface area contributed by atoms with E-state index in [1.165, 1.54) is 22.3 Å². The molecule has 0 atom stereocenters. The smallest absolute Gasteiger partial charge is 0.124 e. The highest BCUT2D eigenvalue weighted by molar-refractivity contribution is 6.31. The third-order valence-electron chi connectivity index (χ3n) is 3.68. The molecule has 0 amide bonds. The lowest BCUT2D eigenvalue weighted by atomic mass is 10.0. The topological polar surface area (TPSA) is 35.2 Å². The van der Waals surface area contributed by atoms with Crippen LogP contribution in [0.5, 0.6) is 5.75 Å². The van der Waals surface area contributed by atoms with Crippen LogP contribution in [-0.2, 0) is 13.0 Å². The summed E-state index contributed by atoms with van der Waals surface area (Å²) in [4.78, 5) is 0. The first-order chi connectivity index (χ1) is 10.0. The molecule has 0 radical (unpaired) electrons. The highest BCUT2D eigenvalue weighted by Crippen LogP contribution is 2.28. The molecule has 2 aromatic rings. The first-order valence-corrected chi connectivity index (χ1v) is 7.57. The molecule has 112 valence electrons. The fourth-order valence-corrected chi connectivity index (χ4v) is 2.91. The van der Waals surface area contributed by atoms with Crippen molar-refractivity contribution in [2.45, 2.75) is 33.8 Å². The Bertz CT molecular complexity index is 614. The molecule has 0 saturated carbocycles. The van der Waals surface area contributed by atoms with Crippen LogP contribution >= 0.6 is 11.6 Å². The second-order valence-electron chi connectivity index (χ2n) is 5.42. The van der Waals surface area contributed by atoms with Gasteiger partial charge in [0.1, 0.15) is 12.4 Å². The summed E-state index contributed by atoms with van der Waals surface area (Å²) in [5.41, 5.74) is 11.7. The van der Waals surface area contributed by atoms with Crippen molar-refractivity contribution < 1.29 is 4.74 Å². The molecular formula is C18H22ClNO. The summed E-state index contributed by atoms with van der Waals surface area (Å²) in [6, 6.07) is 10.1. The van der Waals surface area contributed by atoms with Crippen molar-refractivity contribution in [2.75, 3.05) is 6.54 Å². The normalized spacial score (nSPS) is 10.7. The molecule has 0 bridgehead atoms. The molecule has 2 aromatic carbocycles. The lowest BCUT2D eigenvalue weighted by Gasteiger charge is -2.15. The Hall–Kier alpha value is -1.51. The van der Waals surface area contributed by atoms with E-state index in [2.05, 4.69) is 32.9 Å². The van der Waals surface area contributed by atoms with Crippen LogP contribution in [-0.4, -0.2) is 6.54 Å². The van der Waals surface area contributed by atoms with E-state index in [0.717, 1.165) is 22.8 Å². The molecule has 3 heteroatoms. The third kappa shape index (κ3) is 3.78. The van der Waals surface area contributed by atoms with Crippen molar-refractivity contribution in [2.24, 2.45) is 5.73 Å². The average Bonchev–Trinajstić information content (AvgIpc) is 2.41. The third-order valence-corrected chi connectivity index (χ3v) is 4.04. The van der Waals surface area contributed by atoms with Gasteiger partial charge in [0.15, 0.2) is 0 Å². The Morgan fingerprint density at radius 3 is 2.33 bits per heavy atom. The van der Waals surface area contributed by atoms with Crippen molar-refractivity contribution in [3.8, 4) is 5.75 Å². The predicted octanol–water partition coefficient (Wildman–Crippen LogP) is 4.35. The zero-order valence-corrected chi connectivity index (χ0v) is 13.6. The Morgan fingerprint density at radius 2 is 1.71 bits per heavy atom. The molecule has 0 saturated heterocycles. The van der Waals surface area contributed by atoms with E-state index in [1.807, 2.05) is 18.2 Å². The molecule has 0 aromatic heterocycles. The van der Waals surface area contributed by atoms with E-state index < -0.39 is 0 Å². The van der Waals surface area contributed by atoms with E-state index in [0.29, 0.717) is 13.2 Å². The van der Waals surface area contributed by atoms with Crippen LogP contribution < -0.4 is 10.5 Å². The van der Waals surface area contributed by atoms with E-state index in [-0.39, 0.29) is 0 Å². The summed E-state index contributed by atoms with van der Waals surface area (Å²) >= 11 is 6.24. The van der Waals surface area contributed by atoms with Gasteiger partial charge in [-0.25, -0.2) is 0 Å². The minimum absolute atomic E-state index is 0.551. The lowest BCUT2D eigenvalue weighted by Crippen LogP contribution is -2.07. The predicted molar refractivity (Wildman–Crippen MR) is 89.2 cm³/mol. The van der Waals surface area contributed by atoms with Gasteiger partial charge in [0, 0.05) is 10.6 Å². The van der Waals surface area contributed by atoms with Crippen LogP contribution in [0.2, 0.25) is 5.02 Å². The number of rotatable bonds is 5. The summed E-state index contributed by atoms with van der Waals surface area (Å²) < 4.78 is 6.02. The second-order valence-corrected chi connectivity index (χ2v) is 5.83. The fourth-order valence-electron chi connectivity index (χ4n) is 2.65. The zero-order valence-electron chi connectivity index (χ0n) is 12.9. The van der Waals surface area contributed by atoms with Crippen molar-refractivity contribution in [1.82, 2.24) is 0 Å². The molecule has 0 heterocycles. The first kappa shape index (κ1) is 15.9. The van der Waals surface area contributed by atoms with Gasteiger partial charge < -0.3 is 10.5 Å². The average molecular weight is 304 g/mol.